The van der Waals surface area contributed by atoms with Crippen LogP contribution in [0.5, 0.6) is 5.75 Å². The number of ether oxygens (including phenoxy) is 1. The molecule has 7 nitrogen and oxygen atoms in total. The summed E-state index contributed by atoms with van der Waals surface area (Å²) in [5, 5.41) is 11.1. The highest BCUT2D eigenvalue weighted by Gasteiger charge is 2.32. The molecule has 0 aromatic heterocycles. The third kappa shape index (κ3) is 6.93. The van der Waals surface area contributed by atoms with Crippen LogP contribution in [0.15, 0.2) is 59.5 Å². The highest BCUT2D eigenvalue weighted by molar-refractivity contribution is 8.26. The number of hydrogen-bond donors (Lipinski definition) is 2. The molecule has 0 saturated carbocycles. The second-order valence-electron chi connectivity index (χ2n) is 6.92. The molecule has 0 radical (unpaired) electrons. The van der Waals surface area contributed by atoms with Crippen LogP contribution in [0.1, 0.15) is 24.0 Å². The minimum Gasteiger partial charge on any atom is -0.489 e. The molecule has 2 amide bonds. The number of nitrogens with one attached hydrogen (secondary N) is 1. The van der Waals surface area contributed by atoms with Crippen LogP contribution in [-0.2, 0) is 21.0 Å². The summed E-state index contributed by atoms with van der Waals surface area (Å²) in [5.74, 6) is -0.875. The Kier molecular flexibility index (Phi) is 8.41. The van der Waals surface area contributed by atoms with Crippen molar-refractivity contribution in [1.82, 2.24) is 10.2 Å². The summed E-state index contributed by atoms with van der Waals surface area (Å²) in [4.78, 5) is 37.0. The van der Waals surface area contributed by atoms with Gasteiger partial charge in [0.25, 0.3) is 5.91 Å². The van der Waals surface area contributed by atoms with Crippen molar-refractivity contribution in [3.8, 4) is 5.75 Å². The van der Waals surface area contributed by atoms with Gasteiger partial charge >= 0.3 is 5.97 Å². The van der Waals surface area contributed by atoms with Gasteiger partial charge in [-0.15, -0.1) is 0 Å². The van der Waals surface area contributed by atoms with E-state index in [0.717, 1.165) is 11.1 Å². The van der Waals surface area contributed by atoms with Crippen LogP contribution in [0.25, 0.3) is 6.08 Å². The molecule has 166 valence electrons. The van der Waals surface area contributed by atoms with Gasteiger partial charge in [-0.25, -0.2) is 0 Å². The van der Waals surface area contributed by atoms with Crippen LogP contribution in [0.4, 0.5) is 0 Å². The Hall–Kier alpha value is -3.17. The van der Waals surface area contributed by atoms with Crippen molar-refractivity contribution in [2.45, 2.75) is 19.4 Å². The molecular weight excluding hydrogens is 448 g/mol. The number of carbonyl (C=O) groups excluding carboxylic acids is 2. The molecule has 32 heavy (non-hydrogen) atoms. The van der Waals surface area contributed by atoms with Crippen molar-refractivity contribution in [2.75, 3.05) is 13.1 Å². The number of aliphatic carboxylic acids is 1. The number of hydrogen-bond acceptors (Lipinski definition) is 6. The van der Waals surface area contributed by atoms with Gasteiger partial charge in [0.2, 0.25) is 5.91 Å². The molecule has 1 aliphatic rings. The molecule has 2 aromatic rings. The molecule has 0 unspecified atom stereocenters. The van der Waals surface area contributed by atoms with Crippen molar-refractivity contribution in [3.63, 3.8) is 0 Å². The van der Waals surface area contributed by atoms with Crippen LogP contribution in [-0.4, -0.2) is 45.2 Å². The van der Waals surface area contributed by atoms with Gasteiger partial charge in [0.05, 0.1) is 11.3 Å². The molecule has 3 rings (SSSR count). The summed E-state index contributed by atoms with van der Waals surface area (Å²) in [5.41, 5.74) is 1.87. The molecule has 1 fully saturated rings. The fourth-order valence-corrected chi connectivity index (χ4v) is 4.20. The Morgan fingerprint density at radius 3 is 2.66 bits per heavy atom. The third-order valence-corrected chi connectivity index (χ3v) is 5.88. The number of nitrogens with zero attached hydrogens (tertiary/aromatic N) is 1. The van der Waals surface area contributed by atoms with Crippen LogP contribution >= 0.6 is 24.0 Å². The maximum Gasteiger partial charge on any atom is 0.305 e. The molecule has 2 N–H and O–H groups in total. The fourth-order valence-electron chi connectivity index (χ4n) is 2.89. The van der Waals surface area contributed by atoms with Crippen molar-refractivity contribution >= 4 is 52.2 Å². The van der Waals surface area contributed by atoms with E-state index >= 15 is 0 Å². The number of amides is 2. The van der Waals surface area contributed by atoms with Gasteiger partial charge in [0, 0.05) is 19.5 Å². The smallest absolute Gasteiger partial charge is 0.305 e. The van der Waals surface area contributed by atoms with Crippen LogP contribution in [0.2, 0.25) is 0 Å². The number of thioether (sulfide) groups is 1. The Morgan fingerprint density at radius 2 is 1.91 bits per heavy atom. The molecule has 2 aromatic carbocycles. The maximum absolute atomic E-state index is 12.7. The van der Waals surface area contributed by atoms with E-state index in [0.29, 0.717) is 21.6 Å². The SMILES string of the molecule is O=C(O)CCNC(=O)CCN1C(=O)/C(=C/c2cccc(OCc3ccccc3)c2)SC1=S. The fraction of sp³-hybridized carbons (Fsp3) is 0.217. The molecule has 0 spiro atoms. The Bertz CT molecular complexity index is 1040. The lowest BCUT2D eigenvalue weighted by Gasteiger charge is -2.14. The van der Waals surface area contributed by atoms with E-state index in [2.05, 4.69) is 5.32 Å². The lowest BCUT2D eigenvalue weighted by Crippen LogP contribution is -2.34. The zero-order valence-electron chi connectivity index (χ0n) is 17.2. The zero-order valence-corrected chi connectivity index (χ0v) is 18.8. The van der Waals surface area contributed by atoms with E-state index in [9.17, 15) is 14.4 Å². The number of thiocarbonyl (C=S) groups is 1. The van der Waals surface area contributed by atoms with Gasteiger partial charge in [0.1, 0.15) is 16.7 Å². The van der Waals surface area contributed by atoms with E-state index in [1.807, 2.05) is 54.6 Å². The third-order valence-electron chi connectivity index (χ3n) is 4.50. The largest absolute Gasteiger partial charge is 0.489 e. The second kappa shape index (κ2) is 11.4. The first-order valence-electron chi connectivity index (χ1n) is 9.93. The average Bonchev–Trinajstić information content (AvgIpc) is 3.04. The number of carboxylic acid groups (broad SMARTS) is 1. The van der Waals surface area contributed by atoms with Crippen LogP contribution in [0, 0.1) is 0 Å². The molecular formula is C23H22N2O5S2. The van der Waals surface area contributed by atoms with Gasteiger partial charge in [0.15, 0.2) is 0 Å². The second-order valence-corrected chi connectivity index (χ2v) is 8.60. The molecule has 1 heterocycles. The Labute approximate surface area is 195 Å². The standard InChI is InChI=1S/C23H22N2O5S2/c26-20(24-11-9-21(27)28)10-12-25-22(29)19(32-23(25)31)14-17-7-4-8-18(13-17)30-15-16-5-2-1-3-6-16/h1-8,13-14H,9-12,15H2,(H,24,26)(H,27,28)/b19-14-. The van der Waals surface area contributed by atoms with E-state index in [-0.39, 0.29) is 37.7 Å². The molecule has 1 saturated heterocycles. The summed E-state index contributed by atoms with van der Waals surface area (Å²) >= 11 is 6.48. The molecule has 0 atom stereocenters. The van der Waals surface area contributed by atoms with Crippen molar-refractivity contribution in [2.24, 2.45) is 0 Å². The quantitative estimate of drug-likeness (QED) is 0.406. The first kappa shape index (κ1) is 23.5. The Balaban J connectivity index is 1.57. The van der Waals surface area contributed by atoms with Crippen molar-refractivity contribution in [1.29, 1.82) is 0 Å². The normalized spacial score (nSPS) is 14.6. The van der Waals surface area contributed by atoms with Gasteiger partial charge in [-0.05, 0) is 29.3 Å². The monoisotopic (exact) mass is 470 g/mol. The van der Waals surface area contributed by atoms with E-state index in [4.69, 9.17) is 22.1 Å². The van der Waals surface area contributed by atoms with Crippen molar-refractivity contribution in [3.05, 3.63) is 70.6 Å². The van der Waals surface area contributed by atoms with Gasteiger partial charge in [-0.3, -0.25) is 19.3 Å². The molecule has 0 bridgehead atoms. The number of carboxylic acids is 1. The average molecular weight is 471 g/mol. The minimum absolute atomic E-state index is 0.0438. The molecule has 9 heteroatoms. The first-order valence-corrected chi connectivity index (χ1v) is 11.2. The number of carbonyl (C=O) groups is 3. The van der Waals surface area contributed by atoms with E-state index in [1.54, 1.807) is 6.08 Å². The first-order chi connectivity index (χ1) is 15.4. The summed E-state index contributed by atoms with van der Waals surface area (Å²) < 4.78 is 6.23. The van der Waals surface area contributed by atoms with Gasteiger partial charge in [-0.1, -0.05) is 66.4 Å². The highest BCUT2D eigenvalue weighted by Crippen LogP contribution is 2.33. The molecule has 1 aliphatic heterocycles. The van der Waals surface area contributed by atoms with E-state index < -0.39 is 5.97 Å². The summed E-state index contributed by atoms with van der Waals surface area (Å²) in [6, 6.07) is 17.3. The zero-order chi connectivity index (χ0) is 22.9. The summed E-state index contributed by atoms with van der Waals surface area (Å²) in [6.07, 6.45) is 1.65. The lowest BCUT2D eigenvalue weighted by atomic mass is 10.2. The highest BCUT2D eigenvalue weighted by atomic mass is 32.2. The van der Waals surface area contributed by atoms with Gasteiger partial charge in [-0.2, -0.15) is 0 Å². The van der Waals surface area contributed by atoms with Crippen LogP contribution in [0.3, 0.4) is 0 Å². The lowest BCUT2D eigenvalue weighted by molar-refractivity contribution is -0.136. The Morgan fingerprint density at radius 1 is 1.12 bits per heavy atom. The summed E-state index contributed by atoms with van der Waals surface area (Å²) in [7, 11) is 0. The van der Waals surface area contributed by atoms with Crippen LogP contribution < -0.4 is 10.1 Å². The molecule has 0 aliphatic carbocycles. The predicted octanol–water partition coefficient (Wildman–Crippen LogP) is 3.45. The van der Waals surface area contributed by atoms with Crippen molar-refractivity contribution < 1.29 is 24.2 Å². The maximum atomic E-state index is 12.7. The predicted molar refractivity (Wildman–Crippen MR) is 127 cm³/mol. The number of rotatable bonds is 10. The van der Waals surface area contributed by atoms with E-state index in [1.165, 1.54) is 16.7 Å². The van der Waals surface area contributed by atoms with Gasteiger partial charge < -0.3 is 15.2 Å². The minimum atomic E-state index is -0.984. The summed E-state index contributed by atoms with van der Waals surface area (Å²) in [6.45, 7) is 0.636. The number of benzene rings is 2. The topological polar surface area (TPSA) is 95.9 Å².